The molecule has 0 spiro atoms. The van der Waals surface area contributed by atoms with Crippen LogP contribution < -0.4 is 11.1 Å². The lowest BCUT2D eigenvalue weighted by atomic mass is 10.1. The molecule has 19 heavy (non-hydrogen) atoms. The molecule has 1 aliphatic rings. The molecule has 1 fully saturated rings. The van der Waals surface area contributed by atoms with Crippen molar-refractivity contribution < 1.29 is 9.59 Å². The van der Waals surface area contributed by atoms with Crippen molar-refractivity contribution in [1.29, 1.82) is 0 Å². The second kappa shape index (κ2) is 5.27. The summed E-state index contributed by atoms with van der Waals surface area (Å²) in [5.74, 6) is -0.458. The fraction of sp³-hybridized carbons (Fsp3) is 0.333. The quantitative estimate of drug-likeness (QED) is 0.773. The Labute approximate surface area is 120 Å². The highest BCUT2D eigenvalue weighted by molar-refractivity contribution is 6.43. The molecule has 1 heterocycles. The number of rotatable bonds is 1. The zero-order chi connectivity index (χ0) is 14.2. The number of anilines is 1. The first kappa shape index (κ1) is 14.0. The van der Waals surface area contributed by atoms with E-state index in [0.717, 1.165) is 0 Å². The van der Waals surface area contributed by atoms with Crippen molar-refractivity contribution in [3.63, 3.8) is 0 Å². The van der Waals surface area contributed by atoms with Crippen LogP contribution in [-0.2, 0) is 4.79 Å². The first-order valence-electron chi connectivity index (χ1n) is 5.75. The van der Waals surface area contributed by atoms with Gasteiger partial charge in [0.1, 0.15) is 6.04 Å². The Kier molecular flexibility index (Phi) is 3.87. The Morgan fingerprint density at radius 2 is 2.16 bits per heavy atom. The molecule has 1 atom stereocenters. The van der Waals surface area contributed by atoms with Gasteiger partial charge < -0.3 is 16.0 Å². The number of hydrogen-bond acceptors (Lipinski definition) is 3. The first-order valence-corrected chi connectivity index (χ1v) is 6.50. The van der Waals surface area contributed by atoms with Crippen LogP contribution in [0.2, 0.25) is 10.0 Å². The summed E-state index contributed by atoms with van der Waals surface area (Å²) in [7, 11) is 0. The maximum absolute atomic E-state index is 12.4. The number of nitrogens with two attached hydrogens (primary N) is 1. The van der Waals surface area contributed by atoms with E-state index in [1.165, 1.54) is 17.0 Å². The lowest BCUT2D eigenvalue weighted by Gasteiger charge is -2.33. The highest BCUT2D eigenvalue weighted by atomic mass is 35.5. The number of amides is 2. The van der Waals surface area contributed by atoms with E-state index >= 15 is 0 Å². The number of nitrogens with zero attached hydrogens (tertiary/aromatic N) is 1. The lowest BCUT2D eigenvalue weighted by Crippen LogP contribution is -2.55. The zero-order valence-corrected chi connectivity index (χ0v) is 11.8. The summed E-state index contributed by atoms with van der Waals surface area (Å²) in [6.07, 6.45) is 0. The summed E-state index contributed by atoms with van der Waals surface area (Å²) in [6, 6.07) is 2.41. The zero-order valence-electron chi connectivity index (χ0n) is 10.2. The van der Waals surface area contributed by atoms with Gasteiger partial charge in [0.15, 0.2) is 0 Å². The van der Waals surface area contributed by atoms with Gasteiger partial charge in [-0.15, -0.1) is 0 Å². The minimum atomic E-state index is -0.517. The number of carbonyl (C=O) groups excluding carboxylic acids is 2. The van der Waals surface area contributed by atoms with Crippen molar-refractivity contribution in [2.45, 2.75) is 13.0 Å². The second-order valence-corrected chi connectivity index (χ2v) is 5.11. The number of hydrogen-bond donors (Lipinski definition) is 2. The topological polar surface area (TPSA) is 75.4 Å². The van der Waals surface area contributed by atoms with Gasteiger partial charge in [0.05, 0.1) is 15.7 Å². The summed E-state index contributed by atoms with van der Waals surface area (Å²) < 4.78 is 0. The molecule has 3 N–H and O–H groups in total. The minimum absolute atomic E-state index is 0.173. The molecule has 5 nitrogen and oxygen atoms in total. The van der Waals surface area contributed by atoms with Gasteiger partial charge in [-0.3, -0.25) is 9.59 Å². The standard InChI is InChI=1S/C12H13Cl2N3O2/c1-6-11(18)16-2-3-17(6)12(19)7-4-8(13)10(14)9(15)5-7/h4-6H,2-3,15H2,1H3,(H,16,18). The van der Waals surface area contributed by atoms with Crippen molar-refractivity contribution in [3.8, 4) is 0 Å². The third kappa shape index (κ3) is 2.62. The Morgan fingerprint density at radius 3 is 2.79 bits per heavy atom. The average Bonchev–Trinajstić information content (AvgIpc) is 2.38. The fourth-order valence-electron chi connectivity index (χ4n) is 1.96. The molecule has 0 saturated carbocycles. The predicted molar refractivity (Wildman–Crippen MR) is 74.4 cm³/mol. The van der Waals surface area contributed by atoms with Crippen LogP contribution >= 0.6 is 23.2 Å². The van der Waals surface area contributed by atoms with Crippen molar-refractivity contribution in [2.24, 2.45) is 0 Å². The van der Waals surface area contributed by atoms with Crippen LogP contribution in [0.4, 0.5) is 5.69 Å². The number of halogens is 2. The molecule has 2 amide bonds. The Hall–Kier alpha value is -1.46. The van der Waals surface area contributed by atoms with E-state index in [1.807, 2.05) is 0 Å². The van der Waals surface area contributed by atoms with Crippen LogP contribution in [0, 0.1) is 0 Å². The monoisotopic (exact) mass is 301 g/mol. The van der Waals surface area contributed by atoms with Crippen molar-refractivity contribution in [2.75, 3.05) is 18.8 Å². The third-order valence-corrected chi connectivity index (χ3v) is 3.88. The molecule has 0 aromatic heterocycles. The number of nitrogen functional groups attached to an aromatic ring is 1. The van der Waals surface area contributed by atoms with Crippen LogP contribution in [0.25, 0.3) is 0 Å². The minimum Gasteiger partial charge on any atom is -0.397 e. The third-order valence-electron chi connectivity index (χ3n) is 3.06. The van der Waals surface area contributed by atoms with Crippen LogP contribution in [0.15, 0.2) is 12.1 Å². The molecule has 7 heteroatoms. The lowest BCUT2D eigenvalue weighted by molar-refractivity contribution is -0.127. The molecular weight excluding hydrogens is 289 g/mol. The van der Waals surface area contributed by atoms with E-state index in [4.69, 9.17) is 28.9 Å². The molecule has 0 aliphatic carbocycles. The largest absolute Gasteiger partial charge is 0.397 e. The molecule has 102 valence electrons. The molecule has 1 unspecified atom stereocenters. The summed E-state index contributed by atoms with van der Waals surface area (Å²) in [5.41, 5.74) is 6.25. The summed E-state index contributed by atoms with van der Waals surface area (Å²) in [6.45, 7) is 2.56. The van der Waals surface area contributed by atoms with Gasteiger partial charge in [0, 0.05) is 18.7 Å². The Bertz CT molecular complexity index is 525. The van der Waals surface area contributed by atoms with Crippen molar-refractivity contribution in [1.82, 2.24) is 10.2 Å². The van der Waals surface area contributed by atoms with Gasteiger partial charge in [0.2, 0.25) is 5.91 Å². The van der Waals surface area contributed by atoms with E-state index in [9.17, 15) is 9.59 Å². The predicted octanol–water partition coefficient (Wildman–Crippen LogP) is 1.54. The van der Waals surface area contributed by atoms with E-state index in [2.05, 4.69) is 5.32 Å². The first-order chi connectivity index (χ1) is 8.91. The van der Waals surface area contributed by atoms with Crippen molar-refractivity contribution >= 4 is 40.7 Å². The molecular formula is C12H13Cl2N3O2. The fourth-order valence-corrected chi connectivity index (χ4v) is 2.30. The smallest absolute Gasteiger partial charge is 0.254 e. The molecule has 1 saturated heterocycles. The summed E-state index contributed by atoms with van der Waals surface area (Å²) in [4.78, 5) is 25.4. The molecule has 1 aliphatic heterocycles. The van der Waals surface area contributed by atoms with Gasteiger partial charge in [-0.05, 0) is 19.1 Å². The highest BCUT2D eigenvalue weighted by Crippen LogP contribution is 2.30. The summed E-state index contributed by atoms with van der Waals surface area (Å²) in [5, 5.41) is 3.14. The molecule has 1 aromatic rings. The van der Waals surface area contributed by atoms with Crippen LogP contribution in [-0.4, -0.2) is 35.8 Å². The average molecular weight is 302 g/mol. The maximum atomic E-state index is 12.4. The number of benzene rings is 1. The van der Waals surface area contributed by atoms with Crippen LogP contribution in [0.5, 0.6) is 0 Å². The normalized spacial score (nSPS) is 19.2. The highest BCUT2D eigenvalue weighted by Gasteiger charge is 2.30. The SMILES string of the molecule is CC1C(=O)NCCN1C(=O)c1cc(N)c(Cl)c(Cl)c1. The van der Waals surface area contributed by atoms with Crippen molar-refractivity contribution in [3.05, 3.63) is 27.7 Å². The molecule has 0 bridgehead atoms. The Balaban J connectivity index is 2.31. The van der Waals surface area contributed by atoms with Crippen LogP contribution in [0.1, 0.15) is 17.3 Å². The van der Waals surface area contributed by atoms with Gasteiger partial charge in [-0.25, -0.2) is 0 Å². The van der Waals surface area contributed by atoms with E-state index in [0.29, 0.717) is 18.7 Å². The maximum Gasteiger partial charge on any atom is 0.254 e. The van der Waals surface area contributed by atoms with Gasteiger partial charge in [-0.2, -0.15) is 0 Å². The van der Waals surface area contributed by atoms with Gasteiger partial charge in [-0.1, -0.05) is 23.2 Å². The molecule has 1 aromatic carbocycles. The number of carbonyl (C=O) groups is 2. The summed E-state index contributed by atoms with van der Waals surface area (Å²) >= 11 is 11.8. The van der Waals surface area contributed by atoms with E-state index < -0.39 is 6.04 Å². The van der Waals surface area contributed by atoms with E-state index in [1.54, 1.807) is 6.92 Å². The molecule has 0 radical (unpaired) electrons. The Morgan fingerprint density at radius 1 is 1.47 bits per heavy atom. The van der Waals surface area contributed by atoms with Crippen LogP contribution in [0.3, 0.4) is 0 Å². The number of nitrogens with one attached hydrogen (secondary N) is 1. The van der Waals surface area contributed by atoms with E-state index in [-0.39, 0.29) is 27.5 Å². The van der Waals surface area contributed by atoms with Gasteiger partial charge >= 0.3 is 0 Å². The van der Waals surface area contributed by atoms with Gasteiger partial charge in [0.25, 0.3) is 5.91 Å². The number of piperazine rings is 1. The molecule has 2 rings (SSSR count). The second-order valence-electron chi connectivity index (χ2n) is 4.33.